The summed E-state index contributed by atoms with van der Waals surface area (Å²) >= 11 is 0. The predicted molar refractivity (Wildman–Crippen MR) is 97.1 cm³/mol. The molecule has 5 N–H and O–H groups in total. The first-order valence-electron chi connectivity index (χ1n) is 8.41. The smallest absolute Gasteiger partial charge is 0.330 e. The molecule has 17 nitrogen and oxygen atoms in total. The maximum Gasteiger partial charge on any atom is 0.330 e. The van der Waals surface area contributed by atoms with Crippen LogP contribution in [0.5, 0.6) is 0 Å². The van der Waals surface area contributed by atoms with Gasteiger partial charge in [0.1, 0.15) is 12.3 Å². The molecule has 4 unspecified atom stereocenters. The summed E-state index contributed by atoms with van der Waals surface area (Å²) in [4.78, 5) is 67.4. The van der Waals surface area contributed by atoms with Crippen molar-refractivity contribution in [1.82, 2.24) is 9.55 Å². The summed E-state index contributed by atoms with van der Waals surface area (Å²) in [6, 6.07) is 0. The van der Waals surface area contributed by atoms with Crippen molar-refractivity contribution in [1.29, 1.82) is 0 Å². The lowest BCUT2D eigenvalue weighted by molar-refractivity contribution is -0.250. The number of hydrogen-bond donors (Lipinski definition) is 4. The summed E-state index contributed by atoms with van der Waals surface area (Å²) in [7, 11) is -17.7. The number of phosphoric acid groups is 3. The molecule has 0 aromatic carbocycles. The Labute approximate surface area is 178 Å². The van der Waals surface area contributed by atoms with E-state index < -0.39 is 59.8 Å². The van der Waals surface area contributed by atoms with Crippen molar-refractivity contribution >= 4 is 29.5 Å². The van der Waals surface area contributed by atoms with Crippen LogP contribution >= 0.6 is 23.5 Å². The Morgan fingerprint density at radius 3 is 2.50 bits per heavy atom. The number of aromatic amines is 1. The van der Waals surface area contributed by atoms with Crippen LogP contribution in [0.2, 0.25) is 0 Å². The van der Waals surface area contributed by atoms with Gasteiger partial charge in [0, 0.05) is 19.2 Å². The van der Waals surface area contributed by atoms with Crippen molar-refractivity contribution in [2.75, 3.05) is 13.2 Å². The number of H-pyrrole nitrogens is 1. The Morgan fingerprint density at radius 1 is 1.25 bits per heavy atom. The molecule has 32 heavy (non-hydrogen) atoms. The van der Waals surface area contributed by atoms with Gasteiger partial charge in [-0.25, -0.2) is 13.4 Å². The van der Waals surface area contributed by atoms with Crippen molar-refractivity contribution in [3.63, 3.8) is 0 Å². The molecule has 0 radical (unpaired) electrons. The van der Waals surface area contributed by atoms with E-state index >= 15 is 0 Å². The van der Waals surface area contributed by atoms with Crippen molar-refractivity contribution in [2.45, 2.75) is 24.9 Å². The Balaban J connectivity index is 2.08. The minimum Gasteiger partial charge on any atom is -0.756 e. The zero-order chi connectivity index (χ0) is 24.3. The Kier molecular flexibility index (Phi) is 8.70. The van der Waals surface area contributed by atoms with Crippen molar-refractivity contribution in [3.8, 4) is 0 Å². The number of aliphatic hydroxyl groups excluding tert-OH is 1. The highest BCUT2D eigenvalue weighted by Crippen LogP contribution is 2.61. The van der Waals surface area contributed by atoms with Crippen LogP contribution in [0, 0.1) is 0 Å². The monoisotopic (exact) mass is 520 g/mol. The van der Waals surface area contributed by atoms with E-state index in [-0.39, 0.29) is 18.5 Å². The van der Waals surface area contributed by atoms with Crippen LogP contribution in [0.25, 0.3) is 6.08 Å². The van der Waals surface area contributed by atoms with Crippen LogP contribution in [0.3, 0.4) is 0 Å². The lowest BCUT2D eigenvalue weighted by Gasteiger charge is -2.33. The number of aliphatic hydroxyl groups is 1. The topological polar surface area (TPSA) is 279 Å². The quantitative estimate of drug-likeness (QED) is 0.219. The van der Waals surface area contributed by atoms with Crippen molar-refractivity contribution in [2.24, 2.45) is 5.73 Å². The highest BCUT2D eigenvalue weighted by Gasteiger charge is 2.37. The first kappa shape index (κ1) is 27.0. The van der Waals surface area contributed by atoms with Gasteiger partial charge in [0.25, 0.3) is 29.0 Å². The lowest BCUT2D eigenvalue weighted by atomic mass is 10.2. The number of hydrogen-bond acceptors (Lipinski definition) is 14. The number of nitrogens with zero attached hydrogens (tertiary/aromatic N) is 1. The summed E-state index contributed by atoms with van der Waals surface area (Å²) in [5, 5.41) is 10.1. The van der Waals surface area contributed by atoms with Crippen LogP contribution in [0.4, 0.5) is 0 Å². The number of ether oxygens (including phenoxy) is 1. The number of nitrogens with two attached hydrogens (primary N) is 1. The normalized spacial score (nSPS) is 27.1. The van der Waals surface area contributed by atoms with E-state index in [2.05, 4.69) is 13.1 Å². The van der Waals surface area contributed by atoms with Crippen LogP contribution in [0.15, 0.2) is 21.9 Å². The second kappa shape index (κ2) is 10.3. The summed E-state index contributed by atoms with van der Waals surface area (Å²) in [6.45, 7) is -0.898. The van der Waals surface area contributed by atoms with E-state index in [0.29, 0.717) is 0 Å². The molecular formula is C12H17N3O14P3-3. The molecule has 182 valence electrons. The van der Waals surface area contributed by atoms with Gasteiger partial charge in [0.15, 0.2) is 0 Å². The van der Waals surface area contributed by atoms with Gasteiger partial charge in [0.2, 0.25) is 0 Å². The van der Waals surface area contributed by atoms with Gasteiger partial charge in [-0.1, -0.05) is 12.2 Å². The molecule has 6 atom stereocenters. The summed E-state index contributed by atoms with van der Waals surface area (Å²) < 4.78 is 50.2. The Hall–Kier alpha value is -1.29. The molecule has 20 heteroatoms. The molecule has 1 aromatic heterocycles. The van der Waals surface area contributed by atoms with E-state index in [4.69, 9.17) is 15.4 Å². The minimum absolute atomic E-state index is 0.0380. The molecule has 0 spiro atoms. The maximum atomic E-state index is 12.1. The van der Waals surface area contributed by atoms with Crippen LogP contribution in [-0.2, 0) is 31.6 Å². The largest absolute Gasteiger partial charge is 0.756 e. The standard InChI is InChI=1S/C12H20N3O14P3/c13-3-1-2-7-5-15(12(18)14-11(7)17)10-4-8(16)9(27-10)6-26-31(22,23)29-32(24,25)28-30(19,20)21/h1-2,5,8-10,16H,3-4,6,13H2,(H,22,23)(H,24,25)(H,14,17,18)(H2,19,20,21)/p-3/b2-1+/t8?,9-,10-/m1/s1. The molecule has 1 aliphatic rings. The third-order valence-electron chi connectivity index (χ3n) is 3.74. The molecule has 1 fully saturated rings. The van der Waals surface area contributed by atoms with Gasteiger partial charge in [-0.2, -0.15) is 0 Å². The first-order chi connectivity index (χ1) is 14.6. The Bertz CT molecular complexity index is 1110. The summed E-state index contributed by atoms with van der Waals surface area (Å²) in [5.41, 5.74) is 3.73. The lowest BCUT2D eigenvalue weighted by Crippen LogP contribution is -2.33. The molecule has 0 saturated carbocycles. The molecule has 0 amide bonds. The van der Waals surface area contributed by atoms with E-state index in [1.54, 1.807) is 0 Å². The van der Waals surface area contributed by atoms with Crippen molar-refractivity contribution in [3.05, 3.63) is 38.7 Å². The molecule has 1 saturated heterocycles. The SMILES string of the molecule is NC/C=C/c1cn([C@H]2CC(O)[C@@H](COP(=O)([O-])OP(=O)([O-])OP(=O)([O-])O)O2)c(=O)[nH]c1=O. The maximum absolute atomic E-state index is 12.1. The van der Waals surface area contributed by atoms with Crippen LogP contribution in [-0.4, -0.2) is 44.9 Å². The number of phosphoric ester groups is 1. The fourth-order valence-electron chi connectivity index (χ4n) is 2.52. The molecule has 2 rings (SSSR count). The number of rotatable bonds is 10. The predicted octanol–water partition coefficient (Wildman–Crippen LogP) is -3.40. The van der Waals surface area contributed by atoms with Gasteiger partial charge >= 0.3 is 5.69 Å². The third kappa shape index (κ3) is 7.93. The zero-order valence-electron chi connectivity index (χ0n) is 15.7. The highest BCUT2D eigenvalue weighted by molar-refractivity contribution is 7.65. The van der Waals surface area contributed by atoms with Gasteiger partial charge in [-0.15, -0.1) is 0 Å². The van der Waals surface area contributed by atoms with E-state index in [1.165, 1.54) is 12.2 Å². The second-order valence-corrected chi connectivity index (χ2v) is 10.4. The molecular weight excluding hydrogens is 503 g/mol. The van der Waals surface area contributed by atoms with E-state index in [1.807, 2.05) is 4.98 Å². The zero-order valence-corrected chi connectivity index (χ0v) is 18.4. The van der Waals surface area contributed by atoms with Gasteiger partial charge in [-0.3, -0.25) is 28.0 Å². The average molecular weight is 520 g/mol. The molecule has 0 bridgehead atoms. The molecule has 1 aromatic rings. The van der Waals surface area contributed by atoms with E-state index in [9.17, 15) is 43.1 Å². The van der Waals surface area contributed by atoms with Gasteiger partial charge in [0.05, 0.1) is 18.3 Å². The van der Waals surface area contributed by atoms with Crippen LogP contribution in [0.1, 0.15) is 18.2 Å². The molecule has 0 aliphatic carbocycles. The summed E-state index contributed by atoms with van der Waals surface area (Å²) in [5.74, 6) is 0. The van der Waals surface area contributed by atoms with Gasteiger partial charge < -0.3 is 39.7 Å². The third-order valence-corrected chi connectivity index (χ3v) is 7.43. The fraction of sp³-hybridized carbons (Fsp3) is 0.500. The highest BCUT2D eigenvalue weighted by atomic mass is 31.3. The minimum atomic E-state index is -6.07. The first-order valence-corrected chi connectivity index (χ1v) is 12.8. The number of nitrogens with one attached hydrogen (secondary N) is 1. The summed E-state index contributed by atoms with van der Waals surface area (Å²) in [6.07, 6.45) is -0.349. The number of aromatic nitrogens is 2. The second-order valence-electron chi connectivity index (χ2n) is 6.14. The van der Waals surface area contributed by atoms with Crippen molar-refractivity contribution < 1.29 is 56.3 Å². The van der Waals surface area contributed by atoms with Crippen LogP contribution < -0.4 is 31.7 Å². The molecule has 2 heterocycles. The Morgan fingerprint density at radius 2 is 1.91 bits per heavy atom. The average Bonchev–Trinajstić information content (AvgIpc) is 2.97. The van der Waals surface area contributed by atoms with E-state index in [0.717, 1.165) is 10.8 Å². The molecule has 1 aliphatic heterocycles. The fourth-order valence-corrected chi connectivity index (χ4v) is 5.41. The van der Waals surface area contributed by atoms with Gasteiger partial charge in [-0.05, 0) is 0 Å².